The molecule has 0 bridgehead atoms. The molecule has 0 aromatic heterocycles. The van der Waals surface area contributed by atoms with Gasteiger partial charge in [-0.05, 0) is 128 Å². The maximum Gasteiger partial charge on any atom is 0.416 e. The maximum atomic E-state index is 14.4. The maximum absolute atomic E-state index is 14.4. The molecule has 22 heteroatoms. The summed E-state index contributed by atoms with van der Waals surface area (Å²) in [7, 11) is 1.50. The number of benzene rings is 5. The minimum Gasteiger partial charge on any atom is -0.493 e. The van der Waals surface area contributed by atoms with E-state index in [4.69, 9.17) is 18.9 Å². The van der Waals surface area contributed by atoms with E-state index < -0.39 is 47.9 Å². The first-order valence-corrected chi connectivity index (χ1v) is 33.6. The number of fused-ring (bicyclic) bond motifs is 6. The van der Waals surface area contributed by atoms with Crippen molar-refractivity contribution in [1.82, 2.24) is 20.4 Å². The number of rotatable bonds is 28. The summed E-state index contributed by atoms with van der Waals surface area (Å²) < 4.78 is 23.9. The van der Waals surface area contributed by atoms with Crippen LogP contribution in [0.1, 0.15) is 152 Å². The van der Waals surface area contributed by atoms with Crippen LogP contribution in [-0.2, 0) is 53.1 Å². The summed E-state index contributed by atoms with van der Waals surface area (Å²) in [6.45, 7) is 7.68. The second kappa shape index (κ2) is 30.6. The monoisotopic (exact) mass is 1330 g/mol. The highest BCUT2D eigenvalue weighted by Gasteiger charge is 2.58. The smallest absolute Gasteiger partial charge is 0.416 e. The lowest BCUT2D eigenvalue weighted by Gasteiger charge is -2.31. The molecule has 1 unspecified atom stereocenters. The molecule has 4 N–H and O–H groups in total. The Bertz CT molecular complexity index is 4070. The van der Waals surface area contributed by atoms with Gasteiger partial charge < -0.3 is 54.5 Å². The zero-order valence-corrected chi connectivity index (χ0v) is 55.9. The highest BCUT2D eigenvalue weighted by Crippen LogP contribution is 2.57. The predicted octanol–water partition coefficient (Wildman–Crippen LogP) is 8.95. The van der Waals surface area contributed by atoms with Gasteiger partial charge in [-0.3, -0.25) is 43.3 Å². The molecule has 1 saturated carbocycles. The summed E-state index contributed by atoms with van der Waals surface area (Å²) in [5, 5.41) is 27.1. The van der Waals surface area contributed by atoms with Gasteiger partial charge in [0, 0.05) is 86.7 Å². The van der Waals surface area contributed by atoms with Crippen molar-refractivity contribution in [2.45, 2.75) is 149 Å². The van der Waals surface area contributed by atoms with E-state index in [1.165, 1.54) is 7.11 Å². The number of anilines is 2. The van der Waals surface area contributed by atoms with Crippen molar-refractivity contribution in [1.29, 1.82) is 0 Å². The second-order valence-electron chi connectivity index (χ2n) is 26.7. The molecule has 6 aliphatic rings. The molecular formula is C76H83N7O15. The summed E-state index contributed by atoms with van der Waals surface area (Å²) in [6.07, 6.45) is 5.31. The fourth-order valence-electron chi connectivity index (χ4n) is 13.2. The van der Waals surface area contributed by atoms with Gasteiger partial charge in [0.15, 0.2) is 29.3 Å². The minimum absolute atomic E-state index is 0.0446. The number of methoxy groups -OCH3 is 1. The average molecular weight is 1330 g/mol. The number of hydrogen-bond acceptors (Lipinski definition) is 16. The normalized spacial score (nSPS) is 18.1. The number of nitrogens with zero attached hydrogens (tertiary/aromatic N) is 5. The van der Waals surface area contributed by atoms with E-state index in [-0.39, 0.29) is 116 Å². The Morgan fingerprint density at radius 3 is 2.20 bits per heavy atom. The first-order valence-electron chi connectivity index (χ1n) is 33.6. The molecule has 5 aromatic rings. The number of aliphatic hydroxyl groups excluding tert-OH is 2. The number of unbranched alkanes of at least 4 members (excludes halogenated alkanes) is 2. The van der Waals surface area contributed by atoms with Crippen LogP contribution in [0, 0.1) is 36.0 Å². The summed E-state index contributed by atoms with van der Waals surface area (Å²) in [5.41, 5.74) is 6.85. The first kappa shape index (κ1) is 69.4. The van der Waals surface area contributed by atoms with Crippen LogP contribution in [0.4, 0.5) is 21.9 Å². The Morgan fingerprint density at radius 1 is 0.765 bits per heavy atom. The molecule has 22 nitrogen and oxygen atoms in total. The highest BCUT2D eigenvalue weighted by atomic mass is 16.6. The number of nitrogens with one attached hydrogen (secondary N) is 2. The van der Waals surface area contributed by atoms with E-state index in [2.05, 4.69) is 27.5 Å². The number of Topliss-reactive ketones (excluding diaryl/α,β-unsaturated/α-hetero) is 3. The number of aliphatic hydroxyl groups is 2. The van der Waals surface area contributed by atoms with Crippen molar-refractivity contribution in [3.63, 3.8) is 0 Å². The molecule has 5 atom stereocenters. The van der Waals surface area contributed by atoms with E-state index in [9.17, 15) is 53.4 Å². The molecule has 0 radical (unpaired) electrons. The third-order valence-electron chi connectivity index (χ3n) is 19.2. The largest absolute Gasteiger partial charge is 0.493 e. The van der Waals surface area contributed by atoms with Gasteiger partial charge in [0.2, 0.25) is 17.7 Å². The van der Waals surface area contributed by atoms with Crippen LogP contribution in [0.2, 0.25) is 0 Å². The standard InChI is InChI=1S/C76H83N7O15/c1-46(2)58(34-57(86)40-78-69(88)25-23-56(85)24-26-70(89)81-42-54-15-8-7-13-52(54)21-22-53-14-9-10-16-62(53)81)71(90)79-48(4)65(87)33-49-17-19-50(20-18-49)44-98-75(94)83-63-37-66(47(3)31-60(63)73(92)82-45-76(27-28-76)38-64(82)74(83)93)96-29-11-6-12-30-97-68-36-61-59(35-67(68)95-5)72(91)80-41-51(43-84)32-55(80)39-77-61/h7-10,13-20,31,35-37,39,41,46,48,55,58,64,74,84,93H,6,11-12,23-30,32-34,38,40,42-45H2,1-5H3,(H,78,88)(H,79,90)/t48-,55-,58-,64-,74?/m0/s1. The summed E-state index contributed by atoms with van der Waals surface area (Å²) >= 11 is 0. The zero-order valence-electron chi connectivity index (χ0n) is 55.9. The summed E-state index contributed by atoms with van der Waals surface area (Å²) in [5.74, 6) is 3.75. The number of amides is 6. The number of para-hydroxylation sites is 1. The Labute approximate surface area is 569 Å². The molecule has 1 spiro atoms. The number of ether oxygens (including phenoxy) is 4. The van der Waals surface area contributed by atoms with Crippen molar-refractivity contribution in [3.8, 4) is 29.1 Å². The van der Waals surface area contributed by atoms with Gasteiger partial charge >= 0.3 is 6.09 Å². The predicted molar refractivity (Wildman–Crippen MR) is 364 cm³/mol. The van der Waals surface area contributed by atoms with Gasteiger partial charge in [-0.2, -0.15) is 0 Å². The lowest BCUT2D eigenvalue weighted by Crippen LogP contribution is -2.50. The quantitative estimate of drug-likeness (QED) is 0.0269. The Kier molecular flexibility index (Phi) is 21.7. The minimum atomic E-state index is -1.42. The lowest BCUT2D eigenvalue weighted by molar-refractivity contribution is -0.133. The number of carbonyl (C=O) groups is 9. The van der Waals surface area contributed by atoms with Crippen molar-refractivity contribution in [2.24, 2.45) is 22.2 Å². The molecule has 11 rings (SSSR count). The number of carbonyl (C=O) groups excluding carboxylic acids is 9. The lowest BCUT2D eigenvalue weighted by atomic mass is 9.89. The molecular weight excluding hydrogens is 1250 g/mol. The van der Waals surface area contributed by atoms with Crippen LogP contribution < -0.4 is 34.6 Å². The summed E-state index contributed by atoms with van der Waals surface area (Å²) in [6, 6.07) is 26.6. The van der Waals surface area contributed by atoms with E-state index >= 15 is 0 Å². The van der Waals surface area contributed by atoms with Crippen molar-refractivity contribution in [2.75, 3.05) is 49.8 Å². The molecule has 1 aliphatic carbocycles. The van der Waals surface area contributed by atoms with E-state index in [0.29, 0.717) is 108 Å². The molecule has 5 aliphatic heterocycles. The van der Waals surface area contributed by atoms with Crippen LogP contribution in [0.25, 0.3) is 0 Å². The van der Waals surface area contributed by atoms with Gasteiger partial charge in [0.05, 0.1) is 86.3 Å². The van der Waals surface area contributed by atoms with E-state index in [1.807, 2.05) is 55.5 Å². The molecule has 5 heterocycles. The number of hydrogen-bond donors (Lipinski definition) is 4. The second-order valence-corrected chi connectivity index (χ2v) is 26.7. The number of aliphatic imine (C=N–C) groups is 1. The Balaban J connectivity index is 0.623. The molecule has 5 aromatic carbocycles. The topological polar surface area (TPSA) is 280 Å². The molecule has 98 heavy (non-hydrogen) atoms. The average Bonchev–Trinajstić information content (AvgIpc) is 1.56. The Morgan fingerprint density at radius 2 is 1.47 bits per heavy atom. The van der Waals surface area contributed by atoms with Crippen LogP contribution in [0.3, 0.4) is 0 Å². The van der Waals surface area contributed by atoms with Gasteiger partial charge in [0.1, 0.15) is 18.1 Å². The third-order valence-corrected chi connectivity index (χ3v) is 19.2. The van der Waals surface area contributed by atoms with Crippen molar-refractivity contribution >= 4 is 76.3 Å². The van der Waals surface area contributed by atoms with Crippen molar-refractivity contribution < 1.29 is 72.3 Å². The number of aryl methyl sites for hydroxylation is 1. The van der Waals surface area contributed by atoms with Crippen LogP contribution in [-0.4, -0.2) is 144 Å². The van der Waals surface area contributed by atoms with Crippen LogP contribution in [0.5, 0.6) is 17.2 Å². The van der Waals surface area contributed by atoms with Gasteiger partial charge in [-0.25, -0.2) is 9.69 Å². The van der Waals surface area contributed by atoms with Gasteiger partial charge in [-0.15, -0.1) is 0 Å². The highest BCUT2D eigenvalue weighted by molar-refractivity contribution is 6.07. The molecule has 1 saturated heterocycles. The first-order chi connectivity index (χ1) is 47.2. The zero-order chi connectivity index (χ0) is 69.4. The van der Waals surface area contributed by atoms with Gasteiger partial charge in [0.25, 0.3) is 11.8 Å². The molecule has 6 amide bonds. The summed E-state index contributed by atoms with van der Waals surface area (Å²) in [4.78, 5) is 133. The van der Waals surface area contributed by atoms with Crippen molar-refractivity contribution in [3.05, 3.63) is 153 Å². The number of ketones is 3. The third kappa shape index (κ3) is 16.0. The van der Waals surface area contributed by atoms with Gasteiger partial charge in [-0.1, -0.05) is 80.3 Å². The fourth-order valence-corrected chi connectivity index (χ4v) is 13.2. The van der Waals surface area contributed by atoms with Crippen LogP contribution in [0.15, 0.2) is 114 Å². The molecule has 512 valence electrons. The van der Waals surface area contributed by atoms with Crippen LogP contribution >= 0.6 is 0 Å². The van der Waals surface area contributed by atoms with E-state index in [1.54, 1.807) is 96.4 Å². The van der Waals surface area contributed by atoms with E-state index in [0.717, 1.165) is 40.9 Å². The molecule has 2 fully saturated rings. The Hall–Kier alpha value is -9.98. The SMILES string of the molecule is COc1cc2c(cc1OCCCCCOc1cc3c(cc1C)C(=O)N1CC4(CC4)C[C@H]1C(O)N3C(=O)OCc1ccc(CC(=O)[C@H](C)NC(=O)[C@@H](CC(=O)CNC(=O)CCC(=O)CCC(=O)N3Cc4ccccc4C#Cc4ccccc43)C(C)C)cc1)N=C[C@@H]1CC(CO)=CN1C2=O. The fraction of sp³-hybridized carbons (Fsp3) is 0.421.